The molecule has 4 heteroatoms. The summed E-state index contributed by atoms with van der Waals surface area (Å²) in [6.07, 6.45) is 1.31. The third-order valence-corrected chi connectivity index (χ3v) is 3.80. The van der Waals surface area contributed by atoms with Crippen LogP contribution in [0.3, 0.4) is 0 Å². The Morgan fingerprint density at radius 2 is 2.05 bits per heavy atom. The molecule has 108 valence electrons. The maximum atomic E-state index is 13.5. The van der Waals surface area contributed by atoms with E-state index in [0.717, 1.165) is 18.7 Å². The lowest BCUT2D eigenvalue weighted by molar-refractivity contribution is 0.0655. The van der Waals surface area contributed by atoms with Gasteiger partial charge in [0.25, 0.3) is 0 Å². The Morgan fingerprint density at radius 3 is 2.68 bits per heavy atom. The number of ether oxygens (including phenoxy) is 1. The van der Waals surface area contributed by atoms with E-state index in [4.69, 9.17) is 4.74 Å². The molecule has 1 aromatic rings. The molecule has 1 unspecified atom stereocenters. The summed E-state index contributed by atoms with van der Waals surface area (Å²) in [5.41, 5.74) is 0. The quantitative estimate of drug-likeness (QED) is 0.699. The van der Waals surface area contributed by atoms with Crippen LogP contribution >= 0.6 is 11.8 Å². The summed E-state index contributed by atoms with van der Waals surface area (Å²) in [5, 5.41) is 3.45. The van der Waals surface area contributed by atoms with Crippen molar-refractivity contribution in [3.63, 3.8) is 0 Å². The Hall–Kier alpha value is -0.580. The van der Waals surface area contributed by atoms with Gasteiger partial charge in [0.2, 0.25) is 0 Å². The van der Waals surface area contributed by atoms with Crippen LogP contribution in [0.5, 0.6) is 0 Å². The third kappa shape index (κ3) is 6.95. The zero-order valence-corrected chi connectivity index (χ0v) is 12.8. The molecule has 0 heterocycles. The molecule has 0 spiro atoms. The van der Waals surface area contributed by atoms with Crippen molar-refractivity contribution in [2.45, 2.75) is 44.2 Å². The zero-order chi connectivity index (χ0) is 14.1. The van der Waals surface area contributed by atoms with Crippen molar-refractivity contribution in [3.8, 4) is 0 Å². The van der Waals surface area contributed by atoms with Gasteiger partial charge in [-0.2, -0.15) is 0 Å². The number of hydrogen-bond acceptors (Lipinski definition) is 3. The van der Waals surface area contributed by atoms with Crippen molar-refractivity contribution in [2.24, 2.45) is 0 Å². The summed E-state index contributed by atoms with van der Waals surface area (Å²) >= 11 is 1.54. The first-order valence-corrected chi connectivity index (χ1v) is 7.84. The van der Waals surface area contributed by atoms with Gasteiger partial charge in [0.1, 0.15) is 5.82 Å². The van der Waals surface area contributed by atoms with Gasteiger partial charge >= 0.3 is 0 Å². The standard InChI is InChI=1S/C15H24FNOS/c1-4-9-17-13(10-18-12(2)3)11-19-15-8-6-5-7-14(15)16/h5-8,12-13,17H,4,9-11H2,1-3H3. The number of halogens is 1. The summed E-state index contributed by atoms with van der Waals surface area (Å²) in [4.78, 5) is 0.704. The molecule has 1 atom stereocenters. The van der Waals surface area contributed by atoms with Gasteiger partial charge in [0, 0.05) is 16.7 Å². The largest absolute Gasteiger partial charge is 0.377 e. The minimum absolute atomic E-state index is 0.147. The van der Waals surface area contributed by atoms with Gasteiger partial charge in [0.05, 0.1) is 12.7 Å². The molecule has 1 rings (SSSR count). The average Bonchev–Trinajstić information content (AvgIpc) is 2.39. The molecule has 0 fully saturated rings. The van der Waals surface area contributed by atoms with Crippen LogP contribution in [0.1, 0.15) is 27.2 Å². The molecule has 0 saturated heterocycles. The van der Waals surface area contributed by atoms with E-state index < -0.39 is 0 Å². The summed E-state index contributed by atoms with van der Waals surface area (Å²) in [5.74, 6) is 0.666. The maximum Gasteiger partial charge on any atom is 0.136 e. The summed E-state index contributed by atoms with van der Waals surface area (Å²) in [7, 11) is 0. The Balaban J connectivity index is 2.45. The fourth-order valence-corrected chi connectivity index (χ4v) is 2.55. The van der Waals surface area contributed by atoms with Gasteiger partial charge in [-0.05, 0) is 38.9 Å². The minimum atomic E-state index is -0.147. The second-order valence-electron chi connectivity index (χ2n) is 4.77. The van der Waals surface area contributed by atoms with E-state index in [1.807, 2.05) is 26.0 Å². The van der Waals surface area contributed by atoms with E-state index in [1.54, 1.807) is 6.07 Å². The van der Waals surface area contributed by atoms with E-state index in [0.29, 0.717) is 11.5 Å². The predicted octanol–water partition coefficient (Wildman–Crippen LogP) is 3.71. The first-order chi connectivity index (χ1) is 9.13. The molecule has 0 aliphatic rings. The van der Waals surface area contributed by atoms with Gasteiger partial charge in [-0.15, -0.1) is 11.8 Å². The second kappa shape index (κ2) is 9.34. The molecule has 0 aromatic heterocycles. The molecule has 0 aliphatic heterocycles. The Bertz CT molecular complexity index is 360. The highest BCUT2D eigenvalue weighted by molar-refractivity contribution is 7.99. The van der Waals surface area contributed by atoms with Crippen LogP contribution in [0, 0.1) is 5.82 Å². The van der Waals surface area contributed by atoms with E-state index >= 15 is 0 Å². The number of rotatable bonds is 9. The fraction of sp³-hybridized carbons (Fsp3) is 0.600. The first-order valence-electron chi connectivity index (χ1n) is 6.85. The van der Waals surface area contributed by atoms with Crippen LogP contribution in [-0.4, -0.2) is 31.1 Å². The molecule has 2 nitrogen and oxygen atoms in total. The smallest absolute Gasteiger partial charge is 0.136 e. The zero-order valence-electron chi connectivity index (χ0n) is 12.0. The number of hydrogen-bond donors (Lipinski definition) is 1. The Kier molecular flexibility index (Phi) is 8.10. The van der Waals surface area contributed by atoms with E-state index in [2.05, 4.69) is 12.2 Å². The molecule has 0 amide bonds. The molecule has 0 saturated carbocycles. The molecule has 1 N–H and O–H groups in total. The van der Waals surface area contributed by atoms with Gasteiger partial charge in [-0.3, -0.25) is 0 Å². The molecular formula is C15H24FNOS. The average molecular weight is 285 g/mol. The topological polar surface area (TPSA) is 21.3 Å². The van der Waals surface area contributed by atoms with Gasteiger partial charge in [-0.25, -0.2) is 4.39 Å². The van der Waals surface area contributed by atoms with Crippen molar-refractivity contribution < 1.29 is 9.13 Å². The molecule has 1 aromatic carbocycles. The van der Waals surface area contributed by atoms with E-state index in [-0.39, 0.29) is 18.0 Å². The lowest BCUT2D eigenvalue weighted by Crippen LogP contribution is -2.37. The van der Waals surface area contributed by atoms with Crippen LogP contribution in [0.2, 0.25) is 0 Å². The highest BCUT2D eigenvalue weighted by Crippen LogP contribution is 2.22. The van der Waals surface area contributed by atoms with Gasteiger partial charge in [-0.1, -0.05) is 19.1 Å². The van der Waals surface area contributed by atoms with Crippen molar-refractivity contribution in [3.05, 3.63) is 30.1 Å². The number of benzene rings is 1. The minimum Gasteiger partial charge on any atom is -0.377 e. The number of thioether (sulfide) groups is 1. The predicted molar refractivity (Wildman–Crippen MR) is 80.3 cm³/mol. The van der Waals surface area contributed by atoms with Crippen LogP contribution in [0.4, 0.5) is 4.39 Å². The van der Waals surface area contributed by atoms with Crippen molar-refractivity contribution >= 4 is 11.8 Å². The fourth-order valence-electron chi connectivity index (χ4n) is 1.58. The van der Waals surface area contributed by atoms with Crippen molar-refractivity contribution in [2.75, 3.05) is 18.9 Å². The summed E-state index contributed by atoms with van der Waals surface area (Å²) in [6, 6.07) is 7.16. The highest BCUT2D eigenvalue weighted by Gasteiger charge is 2.11. The molecular weight excluding hydrogens is 261 g/mol. The van der Waals surface area contributed by atoms with E-state index in [1.165, 1.54) is 17.8 Å². The molecule has 19 heavy (non-hydrogen) atoms. The maximum absolute atomic E-state index is 13.5. The number of nitrogens with one attached hydrogen (secondary N) is 1. The first kappa shape index (κ1) is 16.5. The van der Waals surface area contributed by atoms with Crippen molar-refractivity contribution in [1.29, 1.82) is 0 Å². The molecule has 0 bridgehead atoms. The van der Waals surface area contributed by atoms with Crippen molar-refractivity contribution in [1.82, 2.24) is 5.32 Å². The summed E-state index contributed by atoms with van der Waals surface area (Å²) in [6.45, 7) is 7.82. The van der Waals surface area contributed by atoms with Crippen LogP contribution in [0.25, 0.3) is 0 Å². The third-order valence-electron chi connectivity index (χ3n) is 2.59. The molecule has 0 aliphatic carbocycles. The second-order valence-corrected chi connectivity index (χ2v) is 5.84. The summed E-state index contributed by atoms with van der Waals surface area (Å²) < 4.78 is 19.2. The van der Waals surface area contributed by atoms with Crippen LogP contribution in [0.15, 0.2) is 29.2 Å². The Labute approximate surface area is 120 Å². The SMILES string of the molecule is CCCNC(COC(C)C)CSc1ccccc1F. The highest BCUT2D eigenvalue weighted by atomic mass is 32.2. The van der Waals surface area contributed by atoms with Crippen LogP contribution in [-0.2, 0) is 4.74 Å². The monoisotopic (exact) mass is 285 g/mol. The van der Waals surface area contributed by atoms with Crippen LogP contribution < -0.4 is 5.32 Å². The lowest BCUT2D eigenvalue weighted by atomic mass is 10.3. The van der Waals surface area contributed by atoms with E-state index in [9.17, 15) is 4.39 Å². The molecule has 0 radical (unpaired) electrons. The lowest BCUT2D eigenvalue weighted by Gasteiger charge is -2.19. The Morgan fingerprint density at radius 1 is 1.32 bits per heavy atom. The van der Waals surface area contributed by atoms with Gasteiger partial charge in [0.15, 0.2) is 0 Å². The normalized spacial score (nSPS) is 12.9. The van der Waals surface area contributed by atoms with Gasteiger partial charge < -0.3 is 10.1 Å².